The third-order valence-corrected chi connectivity index (χ3v) is 7.26. The van der Waals surface area contributed by atoms with Gasteiger partial charge in [0, 0.05) is 39.3 Å². The van der Waals surface area contributed by atoms with E-state index in [0.29, 0.717) is 31.5 Å². The smallest absolute Gasteiger partial charge is 0.243 e. The molecular formula is C19H28FN3O3S. The van der Waals surface area contributed by atoms with Crippen LogP contribution in [0.4, 0.5) is 4.39 Å². The fourth-order valence-electron chi connectivity index (χ4n) is 4.15. The number of piperazine rings is 1. The average Bonchev–Trinajstić information content (AvgIpc) is 2.61. The Bertz CT molecular complexity index is 751. The van der Waals surface area contributed by atoms with Crippen LogP contribution in [0, 0.1) is 17.7 Å². The van der Waals surface area contributed by atoms with Crippen LogP contribution in [-0.2, 0) is 14.8 Å². The van der Waals surface area contributed by atoms with Crippen molar-refractivity contribution >= 4 is 15.9 Å². The molecule has 2 atom stereocenters. The molecule has 1 aromatic rings. The number of hydrogen-bond acceptors (Lipinski definition) is 4. The number of benzene rings is 1. The minimum Gasteiger partial charge on any atom is -0.339 e. The average molecular weight is 398 g/mol. The highest BCUT2D eigenvalue weighted by Gasteiger charge is 2.31. The van der Waals surface area contributed by atoms with Crippen LogP contribution in [0.2, 0.25) is 0 Å². The lowest BCUT2D eigenvalue weighted by molar-refractivity contribution is -0.134. The minimum absolute atomic E-state index is 0.0649. The summed E-state index contributed by atoms with van der Waals surface area (Å²) in [6.45, 7) is 8.01. The van der Waals surface area contributed by atoms with Gasteiger partial charge >= 0.3 is 0 Å². The van der Waals surface area contributed by atoms with Gasteiger partial charge in [-0.15, -0.1) is 0 Å². The maximum atomic E-state index is 13.0. The zero-order valence-corrected chi connectivity index (χ0v) is 16.8. The van der Waals surface area contributed by atoms with Crippen LogP contribution in [0.25, 0.3) is 0 Å². The van der Waals surface area contributed by atoms with Gasteiger partial charge in [-0.3, -0.25) is 9.69 Å². The number of carbonyl (C=O) groups is 1. The van der Waals surface area contributed by atoms with Gasteiger partial charge in [0.15, 0.2) is 0 Å². The van der Waals surface area contributed by atoms with Gasteiger partial charge in [0.25, 0.3) is 0 Å². The van der Waals surface area contributed by atoms with Crippen molar-refractivity contribution in [1.29, 1.82) is 0 Å². The first-order valence-corrected chi connectivity index (χ1v) is 11.0. The molecular weight excluding hydrogens is 369 g/mol. The maximum absolute atomic E-state index is 13.0. The first kappa shape index (κ1) is 20.2. The topological polar surface area (TPSA) is 60.9 Å². The molecule has 0 N–H and O–H groups in total. The Morgan fingerprint density at radius 3 is 2.15 bits per heavy atom. The summed E-state index contributed by atoms with van der Waals surface area (Å²) >= 11 is 0. The highest BCUT2D eigenvalue weighted by atomic mass is 32.2. The number of nitrogens with zero attached hydrogens (tertiary/aromatic N) is 3. The first-order chi connectivity index (χ1) is 12.8. The first-order valence-electron chi connectivity index (χ1n) is 9.51. The van der Waals surface area contributed by atoms with E-state index in [1.54, 1.807) is 4.90 Å². The van der Waals surface area contributed by atoms with Gasteiger partial charge in [0.2, 0.25) is 15.9 Å². The van der Waals surface area contributed by atoms with E-state index in [2.05, 4.69) is 18.7 Å². The normalized spacial score (nSPS) is 25.5. The summed E-state index contributed by atoms with van der Waals surface area (Å²) in [5.74, 6) is 0.791. The number of amides is 1. The van der Waals surface area contributed by atoms with Crippen LogP contribution in [0.5, 0.6) is 0 Å². The van der Waals surface area contributed by atoms with Crippen molar-refractivity contribution < 1.29 is 17.6 Å². The third kappa shape index (κ3) is 4.86. The largest absolute Gasteiger partial charge is 0.339 e. The maximum Gasteiger partial charge on any atom is 0.243 e. The summed E-state index contributed by atoms with van der Waals surface area (Å²) in [5, 5.41) is 0. The van der Waals surface area contributed by atoms with Gasteiger partial charge in [-0.2, -0.15) is 4.31 Å². The van der Waals surface area contributed by atoms with Crippen molar-refractivity contribution in [2.24, 2.45) is 11.8 Å². The Balaban J connectivity index is 1.55. The molecule has 1 aromatic carbocycles. The summed E-state index contributed by atoms with van der Waals surface area (Å²) in [6, 6.07) is 4.85. The molecule has 2 saturated heterocycles. The Hall–Kier alpha value is -1.51. The van der Waals surface area contributed by atoms with Gasteiger partial charge in [-0.25, -0.2) is 12.8 Å². The molecule has 8 heteroatoms. The summed E-state index contributed by atoms with van der Waals surface area (Å²) in [5.41, 5.74) is 0. The number of halogens is 1. The van der Waals surface area contributed by atoms with Gasteiger partial charge in [0.1, 0.15) is 5.82 Å². The molecule has 0 aliphatic carbocycles. The molecule has 6 nitrogen and oxygen atoms in total. The van der Waals surface area contributed by atoms with Crippen molar-refractivity contribution in [2.45, 2.75) is 25.2 Å². The van der Waals surface area contributed by atoms with E-state index in [0.717, 1.165) is 25.2 Å². The van der Waals surface area contributed by atoms with Gasteiger partial charge in [-0.1, -0.05) is 13.8 Å². The fraction of sp³-hybridized carbons (Fsp3) is 0.632. The molecule has 0 aromatic heterocycles. The molecule has 0 saturated carbocycles. The lowest BCUT2D eigenvalue weighted by Crippen LogP contribution is -2.53. The number of rotatable bonds is 4. The summed E-state index contributed by atoms with van der Waals surface area (Å²) in [7, 11) is -3.65. The van der Waals surface area contributed by atoms with E-state index in [1.165, 1.54) is 22.9 Å². The van der Waals surface area contributed by atoms with Crippen molar-refractivity contribution in [2.75, 3.05) is 45.8 Å². The summed E-state index contributed by atoms with van der Waals surface area (Å²) in [6.07, 6.45) is 1.20. The SMILES string of the molecule is C[C@H]1C[C@H](C)CN(CC(=O)N2CCN(S(=O)(=O)c3ccc(F)cc3)CC2)C1. The van der Waals surface area contributed by atoms with E-state index in [-0.39, 0.29) is 23.9 Å². The number of carbonyl (C=O) groups excluding carboxylic acids is 1. The van der Waals surface area contributed by atoms with Crippen molar-refractivity contribution in [3.05, 3.63) is 30.1 Å². The van der Waals surface area contributed by atoms with Crippen molar-refractivity contribution in [3.63, 3.8) is 0 Å². The number of piperidine rings is 1. The second-order valence-electron chi connectivity index (χ2n) is 7.88. The van der Waals surface area contributed by atoms with Gasteiger partial charge in [0.05, 0.1) is 11.4 Å². The molecule has 2 aliphatic heterocycles. The van der Waals surface area contributed by atoms with Crippen LogP contribution < -0.4 is 0 Å². The van der Waals surface area contributed by atoms with E-state index in [1.807, 2.05) is 0 Å². The Morgan fingerprint density at radius 2 is 1.59 bits per heavy atom. The molecule has 0 radical (unpaired) electrons. The monoisotopic (exact) mass is 397 g/mol. The minimum atomic E-state index is -3.65. The molecule has 2 aliphatic rings. The van der Waals surface area contributed by atoms with Gasteiger partial charge < -0.3 is 4.90 Å². The van der Waals surface area contributed by atoms with Gasteiger partial charge in [-0.05, 0) is 42.5 Å². The Kier molecular flexibility index (Phi) is 6.18. The zero-order chi connectivity index (χ0) is 19.6. The molecule has 2 heterocycles. The molecule has 0 bridgehead atoms. The highest BCUT2D eigenvalue weighted by Crippen LogP contribution is 2.21. The predicted molar refractivity (Wildman–Crippen MR) is 101 cm³/mol. The van der Waals surface area contributed by atoms with Crippen LogP contribution >= 0.6 is 0 Å². The van der Waals surface area contributed by atoms with Crippen molar-refractivity contribution in [3.8, 4) is 0 Å². The number of likely N-dealkylation sites (tertiary alicyclic amines) is 1. The molecule has 2 fully saturated rings. The Labute approximate surface area is 161 Å². The van der Waals surface area contributed by atoms with Crippen LogP contribution in [0.15, 0.2) is 29.2 Å². The molecule has 0 unspecified atom stereocenters. The molecule has 0 spiro atoms. The number of hydrogen-bond donors (Lipinski definition) is 0. The lowest BCUT2D eigenvalue weighted by Gasteiger charge is -2.38. The Morgan fingerprint density at radius 1 is 1.04 bits per heavy atom. The summed E-state index contributed by atoms with van der Waals surface area (Å²) < 4.78 is 39.7. The summed E-state index contributed by atoms with van der Waals surface area (Å²) in [4.78, 5) is 16.7. The van der Waals surface area contributed by atoms with E-state index >= 15 is 0 Å². The van der Waals surface area contributed by atoms with Crippen LogP contribution in [0.1, 0.15) is 20.3 Å². The second-order valence-corrected chi connectivity index (χ2v) is 9.82. The van der Waals surface area contributed by atoms with E-state index < -0.39 is 15.8 Å². The zero-order valence-electron chi connectivity index (χ0n) is 16.0. The molecule has 150 valence electrons. The highest BCUT2D eigenvalue weighted by molar-refractivity contribution is 7.89. The molecule has 3 rings (SSSR count). The third-order valence-electron chi connectivity index (χ3n) is 5.35. The standard InChI is InChI=1S/C19H28FN3O3S/c1-15-11-16(2)13-21(12-15)14-19(24)22-7-9-23(10-8-22)27(25,26)18-5-3-17(20)4-6-18/h3-6,15-16H,7-14H2,1-2H3/t15-,16-/m0/s1. The van der Waals surface area contributed by atoms with Crippen LogP contribution in [0.3, 0.4) is 0 Å². The van der Waals surface area contributed by atoms with Crippen LogP contribution in [-0.4, -0.2) is 74.2 Å². The van der Waals surface area contributed by atoms with E-state index in [9.17, 15) is 17.6 Å². The second kappa shape index (κ2) is 8.24. The lowest BCUT2D eigenvalue weighted by atomic mass is 9.92. The quantitative estimate of drug-likeness (QED) is 0.775. The fourth-order valence-corrected chi connectivity index (χ4v) is 5.57. The molecule has 1 amide bonds. The predicted octanol–water partition coefficient (Wildman–Crippen LogP) is 1.64. The van der Waals surface area contributed by atoms with Crippen molar-refractivity contribution in [1.82, 2.24) is 14.1 Å². The number of sulfonamides is 1. The molecule has 27 heavy (non-hydrogen) atoms. The van der Waals surface area contributed by atoms with E-state index in [4.69, 9.17) is 0 Å².